The number of benzene rings is 2. The van der Waals surface area contributed by atoms with Crippen LogP contribution in [-0.4, -0.2) is 24.2 Å². The molecular weight excluding hydrogens is 297 g/mol. The Bertz CT molecular complexity index is 670. The fourth-order valence-electron chi connectivity index (χ4n) is 2.07. The molecule has 0 radical (unpaired) electrons. The van der Waals surface area contributed by atoms with Gasteiger partial charge in [0.25, 0.3) is 5.91 Å². The van der Waals surface area contributed by atoms with Crippen molar-refractivity contribution in [1.82, 2.24) is 5.32 Å². The van der Waals surface area contributed by atoms with Gasteiger partial charge in [-0.25, -0.2) is 4.39 Å². The van der Waals surface area contributed by atoms with E-state index in [-0.39, 0.29) is 24.9 Å². The number of carbonyl (C=O) groups excluding carboxylic acids is 1. The molecule has 2 rings (SSSR count). The number of nitrogens with one attached hydrogen (secondary N) is 1. The Morgan fingerprint density at radius 1 is 1.22 bits per heavy atom. The fraction of sp³-hybridized carbons (Fsp3) is 0.278. The minimum atomic E-state index is -0.889. The Morgan fingerprint density at radius 2 is 1.91 bits per heavy atom. The van der Waals surface area contributed by atoms with Crippen LogP contribution in [0.3, 0.4) is 0 Å². The lowest BCUT2D eigenvalue weighted by atomic mass is 10.1. The SMILES string of the molecule is Cc1ccc(C)c(OCC(=O)NCC(O)c2ccc(F)cc2)c1. The summed E-state index contributed by atoms with van der Waals surface area (Å²) in [6, 6.07) is 11.3. The van der Waals surface area contributed by atoms with Gasteiger partial charge in [0, 0.05) is 6.54 Å². The van der Waals surface area contributed by atoms with Gasteiger partial charge in [-0.2, -0.15) is 0 Å². The van der Waals surface area contributed by atoms with Gasteiger partial charge in [-0.1, -0.05) is 24.3 Å². The van der Waals surface area contributed by atoms with Crippen molar-refractivity contribution in [1.29, 1.82) is 0 Å². The third-order valence-corrected chi connectivity index (χ3v) is 3.45. The lowest BCUT2D eigenvalue weighted by Crippen LogP contribution is -2.32. The highest BCUT2D eigenvalue weighted by Gasteiger charge is 2.10. The van der Waals surface area contributed by atoms with Crippen LogP contribution in [0.25, 0.3) is 0 Å². The average Bonchev–Trinajstić information content (AvgIpc) is 2.54. The van der Waals surface area contributed by atoms with E-state index in [0.29, 0.717) is 11.3 Å². The van der Waals surface area contributed by atoms with Crippen molar-refractivity contribution in [3.8, 4) is 5.75 Å². The summed E-state index contributed by atoms with van der Waals surface area (Å²) in [5.41, 5.74) is 2.55. The van der Waals surface area contributed by atoms with Gasteiger partial charge in [0.15, 0.2) is 6.61 Å². The normalized spacial score (nSPS) is 11.8. The highest BCUT2D eigenvalue weighted by molar-refractivity contribution is 5.77. The summed E-state index contributed by atoms with van der Waals surface area (Å²) < 4.78 is 18.3. The van der Waals surface area contributed by atoms with Gasteiger partial charge in [0.05, 0.1) is 6.10 Å². The molecule has 0 heterocycles. The van der Waals surface area contributed by atoms with Crippen LogP contribution in [0.5, 0.6) is 5.75 Å². The number of carbonyl (C=O) groups is 1. The molecule has 0 spiro atoms. The van der Waals surface area contributed by atoms with Crippen LogP contribution in [-0.2, 0) is 4.79 Å². The van der Waals surface area contributed by atoms with E-state index in [1.807, 2.05) is 32.0 Å². The number of ether oxygens (including phenoxy) is 1. The van der Waals surface area contributed by atoms with Crippen molar-refractivity contribution < 1.29 is 19.0 Å². The van der Waals surface area contributed by atoms with E-state index in [1.165, 1.54) is 24.3 Å². The van der Waals surface area contributed by atoms with E-state index in [4.69, 9.17) is 4.74 Å². The molecule has 0 saturated heterocycles. The third-order valence-electron chi connectivity index (χ3n) is 3.45. The maximum Gasteiger partial charge on any atom is 0.258 e. The first-order valence-corrected chi connectivity index (χ1v) is 7.36. The van der Waals surface area contributed by atoms with Crippen LogP contribution in [0.2, 0.25) is 0 Å². The van der Waals surface area contributed by atoms with Gasteiger partial charge in [0.2, 0.25) is 0 Å². The van der Waals surface area contributed by atoms with Crippen LogP contribution in [0.15, 0.2) is 42.5 Å². The number of amides is 1. The zero-order valence-corrected chi connectivity index (χ0v) is 13.2. The van der Waals surface area contributed by atoms with Crippen LogP contribution < -0.4 is 10.1 Å². The van der Waals surface area contributed by atoms with E-state index in [0.717, 1.165) is 11.1 Å². The first kappa shape index (κ1) is 17.0. The summed E-state index contributed by atoms with van der Waals surface area (Å²) in [7, 11) is 0. The highest BCUT2D eigenvalue weighted by Crippen LogP contribution is 2.19. The first-order chi connectivity index (χ1) is 11.0. The maximum atomic E-state index is 12.8. The predicted octanol–water partition coefficient (Wildman–Crippen LogP) is 2.67. The Kier molecular flexibility index (Phi) is 5.71. The Labute approximate surface area is 134 Å². The van der Waals surface area contributed by atoms with Gasteiger partial charge < -0.3 is 15.2 Å². The summed E-state index contributed by atoms with van der Waals surface area (Å²) in [5, 5.41) is 12.5. The number of aliphatic hydroxyl groups is 1. The van der Waals surface area contributed by atoms with Crippen molar-refractivity contribution >= 4 is 5.91 Å². The van der Waals surface area contributed by atoms with Crippen molar-refractivity contribution in [3.63, 3.8) is 0 Å². The maximum absolute atomic E-state index is 12.8. The smallest absolute Gasteiger partial charge is 0.258 e. The number of halogens is 1. The molecule has 1 amide bonds. The van der Waals surface area contributed by atoms with Crippen LogP contribution in [0.1, 0.15) is 22.8 Å². The number of rotatable bonds is 6. The minimum Gasteiger partial charge on any atom is -0.483 e. The lowest BCUT2D eigenvalue weighted by Gasteiger charge is -2.13. The lowest BCUT2D eigenvalue weighted by molar-refractivity contribution is -0.123. The molecule has 0 bridgehead atoms. The molecule has 1 atom stereocenters. The summed E-state index contributed by atoms with van der Waals surface area (Å²) in [6.07, 6.45) is -0.889. The molecule has 2 N–H and O–H groups in total. The third kappa shape index (κ3) is 5.07. The summed E-state index contributed by atoms with van der Waals surface area (Å²) in [4.78, 5) is 11.8. The topological polar surface area (TPSA) is 58.6 Å². The molecule has 0 aliphatic carbocycles. The highest BCUT2D eigenvalue weighted by atomic mass is 19.1. The molecule has 1 unspecified atom stereocenters. The van der Waals surface area contributed by atoms with Crippen molar-refractivity contribution in [3.05, 3.63) is 65.0 Å². The van der Waals surface area contributed by atoms with Crippen molar-refractivity contribution in [2.45, 2.75) is 20.0 Å². The average molecular weight is 317 g/mol. The zero-order valence-electron chi connectivity index (χ0n) is 13.2. The largest absolute Gasteiger partial charge is 0.483 e. The van der Waals surface area contributed by atoms with E-state index in [2.05, 4.69) is 5.32 Å². The molecule has 0 aromatic heterocycles. The summed E-state index contributed by atoms with van der Waals surface area (Å²) in [6.45, 7) is 3.78. The fourth-order valence-corrected chi connectivity index (χ4v) is 2.07. The second-order valence-corrected chi connectivity index (χ2v) is 5.43. The van der Waals surface area contributed by atoms with Gasteiger partial charge in [-0.05, 0) is 48.7 Å². The van der Waals surface area contributed by atoms with Gasteiger partial charge in [-0.15, -0.1) is 0 Å². The number of aryl methyl sites for hydroxylation is 2. The second-order valence-electron chi connectivity index (χ2n) is 5.43. The van der Waals surface area contributed by atoms with Gasteiger partial charge in [-0.3, -0.25) is 4.79 Å². The summed E-state index contributed by atoms with van der Waals surface area (Å²) >= 11 is 0. The molecule has 122 valence electrons. The van der Waals surface area contributed by atoms with Crippen LogP contribution in [0.4, 0.5) is 4.39 Å². The molecule has 0 saturated carbocycles. The Balaban J connectivity index is 1.81. The Morgan fingerprint density at radius 3 is 2.61 bits per heavy atom. The van der Waals surface area contributed by atoms with E-state index >= 15 is 0 Å². The van der Waals surface area contributed by atoms with Gasteiger partial charge >= 0.3 is 0 Å². The zero-order chi connectivity index (χ0) is 16.8. The van der Waals surface area contributed by atoms with Crippen LogP contribution in [0, 0.1) is 19.7 Å². The molecule has 2 aromatic carbocycles. The van der Waals surface area contributed by atoms with E-state index < -0.39 is 6.10 Å². The van der Waals surface area contributed by atoms with E-state index in [9.17, 15) is 14.3 Å². The standard InChI is InChI=1S/C18H20FNO3/c1-12-3-4-13(2)17(9-12)23-11-18(22)20-10-16(21)14-5-7-15(19)8-6-14/h3-9,16,21H,10-11H2,1-2H3,(H,20,22). The predicted molar refractivity (Wildman–Crippen MR) is 85.8 cm³/mol. The molecule has 4 nitrogen and oxygen atoms in total. The molecule has 0 aliphatic rings. The minimum absolute atomic E-state index is 0.0423. The number of hydrogen-bond donors (Lipinski definition) is 2. The van der Waals surface area contributed by atoms with Crippen LogP contribution >= 0.6 is 0 Å². The molecule has 23 heavy (non-hydrogen) atoms. The quantitative estimate of drug-likeness (QED) is 0.861. The number of aliphatic hydroxyl groups excluding tert-OH is 1. The summed E-state index contributed by atoms with van der Waals surface area (Å²) in [5.74, 6) is -0.0294. The molecule has 0 fully saturated rings. The number of hydrogen-bond acceptors (Lipinski definition) is 3. The Hall–Kier alpha value is -2.40. The molecular formula is C18H20FNO3. The second kappa shape index (κ2) is 7.74. The van der Waals surface area contributed by atoms with Crippen molar-refractivity contribution in [2.24, 2.45) is 0 Å². The van der Waals surface area contributed by atoms with Gasteiger partial charge in [0.1, 0.15) is 11.6 Å². The first-order valence-electron chi connectivity index (χ1n) is 7.36. The van der Waals surface area contributed by atoms with Crippen molar-refractivity contribution in [2.75, 3.05) is 13.2 Å². The molecule has 5 heteroatoms. The monoisotopic (exact) mass is 317 g/mol. The van der Waals surface area contributed by atoms with E-state index in [1.54, 1.807) is 0 Å². The molecule has 2 aromatic rings. The molecule has 0 aliphatic heterocycles.